The first kappa shape index (κ1) is 16.8. The van der Waals surface area contributed by atoms with Crippen LogP contribution in [-0.2, 0) is 10.8 Å². The number of hydrogen-bond donors (Lipinski definition) is 0. The summed E-state index contributed by atoms with van der Waals surface area (Å²) in [5.41, 5.74) is 4.33. The Kier molecular flexibility index (Phi) is 3.52. The molecule has 0 spiro atoms. The van der Waals surface area contributed by atoms with Crippen LogP contribution in [0.3, 0.4) is 0 Å². The van der Waals surface area contributed by atoms with Crippen molar-refractivity contribution in [1.82, 2.24) is 9.97 Å². The van der Waals surface area contributed by atoms with Crippen LogP contribution in [0.5, 0.6) is 0 Å². The molecule has 4 heteroatoms. The third-order valence-electron chi connectivity index (χ3n) is 4.55. The number of nitrogens with zero attached hydrogens (tertiary/aromatic N) is 2. The number of rotatable bonds is 1. The van der Waals surface area contributed by atoms with Crippen LogP contribution >= 0.6 is 0 Å². The molecule has 0 saturated heterocycles. The lowest BCUT2D eigenvalue weighted by Gasteiger charge is -2.17. The van der Waals surface area contributed by atoms with Gasteiger partial charge in [0.05, 0.1) is 5.69 Å². The maximum atomic E-state index is 6.09. The highest BCUT2D eigenvalue weighted by Crippen LogP contribution is 2.35. The summed E-state index contributed by atoms with van der Waals surface area (Å²) in [5.74, 6) is 1.71. The van der Waals surface area contributed by atoms with E-state index in [1.807, 2.05) is 24.4 Å². The molecule has 4 aromatic rings. The normalized spacial score (nSPS) is 13.0. The molecule has 134 valence electrons. The van der Waals surface area contributed by atoms with Crippen molar-refractivity contribution in [2.75, 3.05) is 0 Å². The molecule has 0 aliphatic rings. The summed E-state index contributed by atoms with van der Waals surface area (Å²) in [6, 6.07) is 7.98. The lowest BCUT2D eigenvalue weighted by molar-refractivity contribution is 0.430. The Morgan fingerprint density at radius 2 is 1.58 bits per heavy atom. The minimum Gasteiger partial charge on any atom is -0.459 e. The summed E-state index contributed by atoms with van der Waals surface area (Å²) < 4.78 is 12.1. The molecule has 0 aromatic carbocycles. The van der Waals surface area contributed by atoms with Gasteiger partial charge in [0.2, 0.25) is 0 Å². The average Bonchev–Trinajstić information content (AvgIpc) is 3.16. The van der Waals surface area contributed by atoms with Crippen LogP contribution in [0.15, 0.2) is 45.5 Å². The maximum Gasteiger partial charge on any atom is 0.153 e. The lowest BCUT2D eigenvalue weighted by Crippen LogP contribution is -2.13. The van der Waals surface area contributed by atoms with Gasteiger partial charge < -0.3 is 8.83 Å². The van der Waals surface area contributed by atoms with Crippen molar-refractivity contribution in [3.63, 3.8) is 0 Å². The van der Waals surface area contributed by atoms with Crippen LogP contribution in [0.1, 0.15) is 53.0 Å². The topological polar surface area (TPSA) is 52.1 Å². The Morgan fingerprint density at radius 3 is 2.27 bits per heavy atom. The molecule has 0 atom stereocenters. The maximum absolute atomic E-state index is 6.09. The summed E-state index contributed by atoms with van der Waals surface area (Å²) >= 11 is 0. The van der Waals surface area contributed by atoms with Gasteiger partial charge in [0, 0.05) is 40.2 Å². The van der Waals surface area contributed by atoms with Gasteiger partial charge in [-0.2, -0.15) is 0 Å². The van der Waals surface area contributed by atoms with Crippen LogP contribution in [0.2, 0.25) is 0 Å². The Balaban J connectivity index is 1.85. The van der Waals surface area contributed by atoms with Crippen LogP contribution in [0.4, 0.5) is 0 Å². The first-order valence-electron chi connectivity index (χ1n) is 8.92. The minimum absolute atomic E-state index is 0.0481. The molecule has 0 bridgehead atoms. The predicted octanol–water partition coefficient (Wildman–Crippen LogP) is 6.23. The zero-order chi connectivity index (χ0) is 18.7. The molecule has 4 aromatic heterocycles. The van der Waals surface area contributed by atoms with Crippen LogP contribution in [0, 0.1) is 0 Å². The summed E-state index contributed by atoms with van der Waals surface area (Å²) in [5, 5.41) is 1.05. The molecule has 0 aliphatic carbocycles. The fraction of sp³-hybridized carbons (Fsp3) is 0.364. The van der Waals surface area contributed by atoms with Gasteiger partial charge in [0.15, 0.2) is 5.58 Å². The van der Waals surface area contributed by atoms with E-state index in [4.69, 9.17) is 8.83 Å². The zero-order valence-corrected chi connectivity index (χ0v) is 16.2. The largest absolute Gasteiger partial charge is 0.459 e. The molecule has 0 amide bonds. The monoisotopic (exact) mass is 348 g/mol. The van der Waals surface area contributed by atoms with Crippen molar-refractivity contribution in [3.8, 4) is 11.3 Å². The Labute approximate surface area is 153 Å². The summed E-state index contributed by atoms with van der Waals surface area (Å²) in [7, 11) is 0. The fourth-order valence-electron chi connectivity index (χ4n) is 3.12. The lowest BCUT2D eigenvalue weighted by atomic mass is 9.89. The molecule has 4 rings (SSSR count). The molecule has 4 nitrogen and oxygen atoms in total. The SMILES string of the molecule is CC(C)(C)c1cc2ncc(-c3cc4c(C(C)(C)C)nccc4o3)cc2o1. The molecule has 0 fully saturated rings. The Morgan fingerprint density at radius 1 is 0.808 bits per heavy atom. The first-order valence-corrected chi connectivity index (χ1v) is 8.92. The van der Waals surface area contributed by atoms with Gasteiger partial charge in [0.25, 0.3) is 0 Å². The quantitative estimate of drug-likeness (QED) is 0.409. The van der Waals surface area contributed by atoms with E-state index in [-0.39, 0.29) is 10.8 Å². The van der Waals surface area contributed by atoms with Crippen LogP contribution in [0.25, 0.3) is 33.4 Å². The highest BCUT2D eigenvalue weighted by molar-refractivity contribution is 5.87. The molecule has 0 N–H and O–H groups in total. The molecular weight excluding hydrogens is 324 g/mol. The van der Waals surface area contributed by atoms with E-state index in [1.165, 1.54) is 0 Å². The van der Waals surface area contributed by atoms with E-state index in [0.717, 1.165) is 44.8 Å². The standard InChI is InChI=1S/C22H24N2O2/c1-21(2,3)19-11-15-18(26-19)9-13(12-24-15)17-10-14-16(25-17)7-8-23-20(14)22(4,5)6/h7-12H,1-6H3. The summed E-state index contributed by atoms with van der Waals surface area (Å²) in [6.45, 7) is 12.9. The van der Waals surface area contributed by atoms with E-state index < -0.39 is 0 Å². The fourth-order valence-corrected chi connectivity index (χ4v) is 3.12. The third-order valence-corrected chi connectivity index (χ3v) is 4.55. The van der Waals surface area contributed by atoms with E-state index in [9.17, 15) is 0 Å². The van der Waals surface area contributed by atoms with E-state index in [2.05, 4.69) is 57.6 Å². The molecule has 0 radical (unpaired) electrons. The predicted molar refractivity (Wildman–Crippen MR) is 104 cm³/mol. The van der Waals surface area contributed by atoms with Crippen molar-refractivity contribution in [2.45, 2.75) is 52.4 Å². The van der Waals surface area contributed by atoms with Gasteiger partial charge in [-0.1, -0.05) is 41.5 Å². The van der Waals surface area contributed by atoms with Crippen molar-refractivity contribution in [2.24, 2.45) is 0 Å². The smallest absolute Gasteiger partial charge is 0.153 e. The molecule has 4 heterocycles. The minimum atomic E-state index is -0.0501. The Bertz CT molecular complexity index is 1100. The zero-order valence-electron chi connectivity index (χ0n) is 16.2. The highest BCUT2D eigenvalue weighted by atomic mass is 16.3. The van der Waals surface area contributed by atoms with Crippen LogP contribution < -0.4 is 0 Å². The van der Waals surface area contributed by atoms with Crippen LogP contribution in [-0.4, -0.2) is 9.97 Å². The van der Waals surface area contributed by atoms with Gasteiger partial charge in [0.1, 0.15) is 22.6 Å². The number of hydrogen-bond acceptors (Lipinski definition) is 4. The first-order chi connectivity index (χ1) is 12.1. The van der Waals surface area contributed by atoms with E-state index in [1.54, 1.807) is 6.20 Å². The van der Waals surface area contributed by atoms with Crippen molar-refractivity contribution < 1.29 is 8.83 Å². The van der Waals surface area contributed by atoms with Gasteiger partial charge in [-0.25, -0.2) is 0 Å². The van der Waals surface area contributed by atoms with Gasteiger partial charge in [-0.3, -0.25) is 9.97 Å². The third kappa shape index (κ3) is 2.79. The Hall–Kier alpha value is -2.62. The molecule has 26 heavy (non-hydrogen) atoms. The van der Waals surface area contributed by atoms with Crippen molar-refractivity contribution in [1.29, 1.82) is 0 Å². The van der Waals surface area contributed by atoms with Gasteiger partial charge in [-0.05, 0) is 18.2 Å². The summed E-state index contributed by atoms with van der Waals surface area (Å²) in [6.07, 6.45) is 3.64. The second-order valence-electron chi connectivity index (χ2n) is 8.90. The van der Waals surface area contributed by atoms with Crippen molar-refractivity contribution >= 4 is 22.1 Å². The van der Waals surface area contributed by atoms with Gasteiger partial charge in [-0.15, -0.1) is 0 Å². The molecule has 0 saturated carbocycles. The van der Waals surface area contributed by atoms with Gasteiger partial charge >= 0.3 is 0 Å². The average molecular weight is 348 g/mol. The van der Waals surface area contributed by atoms with E-state index in [0.29, 0.717) is 0 Å². The highest BCUT2D eigenvalue weighted by Gasteiger charge is 2.22. The number of pyridine rings is 2. The van der Waals surface area contributed by atoms with Crippen molar-refractivity contribution in [3.05, 3.63) is 48.1 Å². The molecule has 0 unspecified atom stereocenters. The second kappa shape index (κ2) is 5.44. The molecular formula is C22H24N2O2. The second-order valence-corrected chi connectivity index (χ2v) is 8.90. The number of furan rings is 2. The summed E-state index contributed by atoms with van der Waals surface area (Å²) in [4.78, 5) is 9.13. The van der Waals surface area contributed by atoms with E-state index >= 15 is 0 Å². The number of fused-ring (bicyclic) bond motifs is 2. The molecule has 0 aliphatic heterocycles. The number of aromatic nitrogens is 2.